The van der Waals surface area contributed by atoms with Crippen molar-refractivity contribution in [3.05, 3.63) is 57.1 Å². The van der Waals surface area contributed by atoms with Gasteiger partial charge in [-0.3, -0.25) is 4.79 Å². The Morgan fingerprint density at radius 3 is 2.56 bits per heavy atom. The summed E-state index contributed by atoms with van der Waals surface area (Å²) in [6.07, 6.45) is 0.318. The van der Waals surface area contributed by atoms with Crippen molar-refractivity contribution in [2.75, 3.05) is 6.54 Å². The normalized spacial score (nSPS) is 19.7. The molecule has 0 aliphatic carbocycles. The molecule has 0 bridgehead atoms. The maximum atomic E-state index is 12.8. The second-order valence-corrected chi connectivity index (χ2v) is 12.7. The highest BCUT2D eigenvalue weighted by Crippen LogP contribution is 2.42. The molecule has 0 saturated heterocycles. The first-order valence-corrected chi connectivity index (χ1v) is 13.3. The average molecular weight is 504 g/mol. The van der Waals surface area contributed by atoms with Crippen LogP contribution < -0.4 is 10.0 Å². The summed E-state index contributed by atoms with van der Waals surface area (Å²) in [5, 5.41) is 11.8. The maximum absolute atomic E-state index is 12.8. The van der Waals surface area contributed by atoms with Gasteiger partial charge < -0.3 is 10.2 Å². The molecule has 0 radical (unpaired) electrons. The van der Waals surface area contributed by atoms with Crippen LogP contribution in [0.15, 0.2) is 38.8 Å². The van der Waals surface area contributed by atoms with Crippen LogP contribution in [0.1, 0.15) is 47.8 Å². The molecule has 11 nitrogen and oxygen atoms in total. The topological polar surface area (TPSA) is 162 Å². The third-order valence-electron chi connectivity index (χ3n) is 4.93. The number of benzene rings is 1. The summed E-state index contributed by atoms with van der Waals surface area (Å²) in [7, 11) is -7.99. The standard InChI is InChI=1S/C18H21N3O8S3/c1-3-19-15-8-11(2)31(25,26)18-14(15)9-16(30-18)32(27,28)20-17(22)13-6-4-12(5-7-13)10-29-21(23)24/h4-7,9,11,15,19H,3,8,10H2,1-2H3,(H,20,22)/t11?,15-/m0/s1. The van der Waals surface area contributed by atoms with Crippen LogP contribution in [0.4, 0.5) is 0 Å². The summed E-state index contributed by atoms with van der Waals surface area (Å²) in [6.45, 7) is 3.72. The molecule has 14 heteroatoms. The number of thiophene rings is 1. The Kier molecular flexibility index (Phi) is 6.88. The molecular formula is C18H21N3O8S3. The first-order chi connectivity index (χ1) is 15.0. The molecule has 1 unspecified atom stereocenters. The highest BCUT2D eigenvalue weighted by molar-refractivity contribution is 7.95. The van der Waals surface area contributed by atoms with Crippen molar-refractivity contribution in [2.24, 2.45) is 0 Å². The fraction of sp³-hybridized carbons (Fsp3) is 0.389. The van der Waals surface area contributed by atoms with Gasteiger partial charge in [0.15, 0.2) is 9.84 Å². The van der Waals surface area contributed by atoms with Crippen molar-refractivity contribution in [1.29, 1.82) is 0 Å². The molecular weight excluding hydrogens is 482 g/mol. The summed E-state index contributed by atoms with van der Waals surface area (Å²) < 4.78 is 52.7. The minimum Gasteiger partial charge on any atom is -0.310 e. The molecule has 0 fully saturated rings. The van der Waals surface area contributed by atoms with Gasteiger partial charge in [0.2, 0.25) is 0 Å². The van der Waals surface area contributed by atoms with Crippen LogP contribution in [0, 0.1) is 10.1 Å². The Balaban J connectivity index is 1.84. The van der Waals surface area contributed by atoms with E-state index in [1.165, 1.54) is 30.3 Å². The number of fused-ring (bicyclic) bond motifs is 1. The van der Waals surface area contributed by atoms with E-state index in [1.54, 1.807) is 6.92 Å². The van der Waals surface area contributed by atoms with E-state index >= 15 is 0 Å². The quantitative estimate of drug-likeness (QED) is 0.404. The predicted octanol–water partition coefficient (Wildman–Crippen LogP) is 1.79. The van der Waals surface area contributed by atoms with E-state index in [4.69, 9.17) is 0 Å². The molecule has 32 heavy (non-hydrogen) atoms. The molecule has 174 valence electrons. The summed E-state index contributed by atoms with van der Waals surface area (Å²) in [6, 6.07) is 6.38. The molecule has 2 atom stereocenters. The third-order valence-corrected chi connectivity index (χ3v) is 10.6. The maximum Gasteiger partial charge on any atom is 0.294 e. The Labute approximate surface area is 188 Å². The van der Waals surface area contributed by atoms with Gasteiger partial charge in [0, 0.05) is 17.2 Å². The molecule has 0 saturated carbocycles. The van der Waals surface area contributed by atoms with Crippen LogP contribution in [-0.2, 0) is 31.3 Å². The third kappa shape index (κ3) is 4.92. The molecule has 1 aliphatic rings. The van der Waals surface area contributed by atoms with Gasteiger partial charge >= 0.3 is 0 Å². The zero-order valence-electron chi connectivity index (χ0n) is 17.1. The average Bonchev–Trinajstić information content (AvgIpc) is 3.19. The minimum absolute atomic E-state index is 0.00603. The van der Waals surface area contributed by atoms with Gasteiger partial charge in [-0.15, -0.1) is 21.5 Å². The van der Waals surface area contributed by atoms with Crippen molar-refractivity contribution in [1.82, 2.24) is 10.0 Å². The number of sulfonamides is 1. The monoisotopic (exact) mass is 503 g/mol. The molecule has 1 aromatic heterocycles. The number of hydrogen-bond donors (Lipinski definition) is 2. The largest absolute Gasteiger partial charge is 0.310 e. The number of carbonyl (C=O) groups is 1. The van der Waals surface area contributed by atoms with E-state index in [0.717, 1.165) is 0 Å². The number of carbonyl (C=O) groups excluding carboxylic acids is 1. The Hall–Kier alpha value is -2.55. The van der Waals surface area contributed by atoms with E-state index in [-0.39, 0.29) is 26.6 Å². The smallest absolute Gasteiger partial charge is 0.294 e. The summed E-state index contributed by atoms with van der Waals surface area (Å²) in [5.74, 6) is -0.919. The molecule has 3 rings (SSSR count). The lowest BCUT2D eigenvalue weighted by Gasteiger charge is -2.27. The number of sulfone groups is 1. The SMILES string of the molecule is CCN[C@H]1CC(C)S(=O)(=O)c2sc(S(=O)(=O)NC(=O)c3ccc(CO[N+](=O)[O-])cc3)cc21. The molecule has 2 aromatic rings. The predicted molar refractivity (Wildman–Crippen MR) is 115 cm³/mol. The van der Waals surface area contributed by atoms with Crippen molar-refractivity contribution >= 4 is 37.1 Å². The summed E-state index contributed by atoms with van der Waals surface area (Å²) in [5.41, 5.74) is 0.810. The molecule has 1 aromatic carbocycles. The Morgan fingerprint density at radius 2 is 1.97 bits per heavy atom. The van der Waals surface area contributed by atoms with E-state index in [1.807, 2.05) is 11.6 Å². The summed E-state index contributed by atoms with van der Waals surface area (Å²) in [4.78, 5) is 26.9. The van der Waals surface area contributed by atoms with Crippen LogP contribution >= 0.6 is 11.3 Å². The van der Waals surface area contributed by atoms with Gasteiger partial charge in [0.05, 0.1) is 5.25 Å². The lowest BCUT2D eigenvalue weighted by Crippen LogP contribution is -2.33. The van der Waals surface area contributed by atoms with Crippen LogP contribution in [0.5, 0.6) is 0 Å². The van der Waals surface area contributed by atoms with Gasteiger partial charge in [-0.05, 0) is 43.7 Å². The van der Waals surface area contributed by atoms with E-state index in [9.17, 15) is 31.7 Å². The Morgan fingerprint density at radius 1 is 1.31 bits per heavy atom. The van der Waals surface area contributed by atoms with E-state index < -0.39 is 36.1 Å². The fourth-order valence-corrected chi connectivity index (χ4v) is 8.25. The molecule has 1 amide bonds. The van der Waals surface area contributed by atoms with Gasteiger partial charge in [-0.25, -0.2) is 21.6 Å². The second-order valence-electron chi connectivity index (χ2n) is 7.14. The first kappa shape index (κ1) is 24.1. The number of nitrogens with one attached hydrogen (secondary N) is 2. The van der Waals surface area contributed by atoms with Crippen LogP contribution in [0.3, 0.4) is 0 Å². The van der Waals surface area contributed by atoms with Crippen LogP contribution in [0.2, 0.25) is 0 Å². The van der Waals surface area contributed by atoms with Gasteiger partial charge in [0.1, 0.15) is 15.0 Å². The van der Waals surface area contributed by atoms with Crippen molar-refractivity contribution in [2.45, 2.75) is 46.6 Å². The van der Waals surface area contributed by atoms with E-state index in [2.05, 4.69) is 10.2 Å². The van der Waals surface area contributed by atoms with Crippen molar-refractivity contribution in [3.8, 4) is 0 Å². The van der Waals surface area contributed by atoms with Crippen LogP contribution in [0.25, 0.3) is 0 Å². The van der Waals surface area contributed by atoms with Gasteiger partial charge in [-0.1, -0.05) is 19.1 Å². The summed E-state index contributed by atoms with van der Waals surface area (Å²) >= 11 is 0.620. The number of hydrogen-bond acceptors (Lipinski definition) is 10. The second kappa shape index (κ2) is 9.13. The number of nitrogens with zero attached hydrogens (tertiary/aromatic N) is 1. The fourth-order valence-electron chi connectivity index (χ4n) is 3.28. The zero-order valence-corrected chi connectivity index (χ0v) is 19.6. The number of rotatable bonds is 8. The van der Waals surface area contributed by atoms with Gasteiger partial charge in [0.25, 0.3) is 21.0 Å². The van der Waals surface area contributed by atoms with Crippen LogP contribution in [-0.4, -0.2) is 39.6 Å². The lowest BCUT2D eigenvalue weighted by molar-refractivity contribution is -0.763. The van der Waals surface area contributed by atoms with Gasteiger partial charge in [-0.2, -0.15) is 0 Å². The minimum atomic E-state index is -4.33. The first-order valence-electron chi connectivity index (χ1n) is 9.50. The lowest BCUT2D eigenvalue weighted by atomic mass is 10.1. The molecule has 1 aliphatic heterocycles. The Bertz CT molecular complexity index is 1240. The zero-order chi connectivity index (χ0) is 23.7. The number of amides is 1. The molecule has 2 heterocycles. The molecule has 0 spiro atoms. The van der Waals surface area contributed by atoms with Crippen molar-refractivity contribution in [3.63, 3.8) is 0 Å². The highest BCUT2D eigenvalue weighted by atomic mass is 32.3. The van der Waals surface area contributed by atoms with E-state index in [0.29, 0.717) is 35.4 Å². The highest BCUT2D eigenvalue weighted by Gasteiger charge is 2.39. The molecule has 2 N–H and O–H groups in total. The van der Waals surface area contributed by atoms with Crippen molar-refractivity contribution < 1.29 is 31.6 Å².